The molecule has 0 spiro atoms. The molecule has 138 valence electrons. The van der Waals surface area contributed by atoms with Crippen LogP contribution in [0.3, 0.4) is 0 Å². The minimum atomic E-state index is -0.358. The van der Waals surface area contributed by atoms with E-state index in [9.17, 15) is 4.79 Å². The van der Waals surface area contributed by atoms with E-state index in [-0.39, 0.29) is 5.97 Å². The van der Waals surface area contributed by atoms with Crippen LogP contribution in [0.15, 0.2) is 72.8 Å². The van der Waals surface area contributed by atoms with Gasteiger partial charge in [-0.3, -0.25) is 0 Å². The zero-order valence-corrected chi connectivity index (χ0v) is 16.6. The van der Waals surface area contributed by atoms with Crippen molar-refractivity contribution in [3.05, 3.63) is 77.7 Å². The average Bonchev–Trinajstić information content (AvgIpc) is 3.16. The second-order valence-electron chi connectivity index (χ2n) is 6.39. The highest BCUT2D eigenvalue weighted by Gasteiger charge is 2.05. The van der Waals surface area contributed by atoms with Gasteiger partial charge in [0.1, 0.15) is 5.75 Å². The first-order chi connectivity index (χ1) is 13.2. The monoisotopic (exact) mass is 376 g/mol. The maximum Gasteiger partial charge on any atom is 0.335 e. The van der Waals surface area contributed by atoms with Crippen LogP contribution in [-0.2, 0) is 11.2 Å². The second kappa shape index (κ2) is 9.33. The number of hydrogen-bond acceptors (Lipinski definition) is 3. The predicted molar refractivity (Wildman–Crippen MR) is 114 cm³/mol. The zero-order chi connectivity index (χ0) is 19.1. The summed E-state index contributed by atoms with van der Waals surface area (Å²) in [5, 5.41) is 0. The van der Waals surface area contributed by atoms with E-state index < -0.39 is 0 Å². The average molecular weight is 377 g/mol. The van der Waals surface area contributed by atoms with Gasteiger partial charge in [-0.2, -0.15) is 0 Å². The molecular formula is C24H24O2S. The lowest BCUT2D eigenvalue weighted by atomic mass is 10.0. The van der Waals surface area contributed by atoms with Crippen LogP contribution in [-0.4, -0.2) is 5.97 Å². The molecule has 0 aliphatic heterocycles. The molecule has 0 bridgehead atoms. The zero-order valence-electron chi connectivity index (χ0n) is 15.8. The van der Waals surface area contributed by atoms with Crippen LogP contribution in [0, 0.1) is 0 Å². The minimum Gasteiger partial charge on any atom is -0.423 e. The van der Waals surface area contributed by atoms with E-state index in [0.29, 0.717) is 5.75 Å². The fraction of sp³-hybridized carbons (Fsp3) is 0.208. The Labute approximate surface area is 165 Å². The van der Waals surface area contributed by atoms with Gasteiger partial charge >= 0.3 is 5.97 Å². The summed E-state index contributed by atoms with van der Waals surface area (Å²) in [6.45, 7) is 4.02. The molecule has 0 atom stereocenters. The normalized spacial score (nSPS) is 11.0. The Hall–Kier alpha value is -2.65. The summed E-state index contributed by atoms with van der Waals surface area (Å²) in [6, 6.07) is 20.7. The summed E-state index contributed by atoms with van der Waals surface area (Å²) >= 11 is 1.89. The van der Waals surface area contributed by atoms with Crippen molar-refractivity contribution in [2.24, 2.45) is 0 Å². The van der Waals surface area contributed by atoms with E-state index in [2.05, 4.69) is 43.3 Å². The van der Waals surface area contributed by atoms with Crippen molar-refractivity contribution < 1.29 is 9.53 Å². The molecule has 0 saturated carbocycles. The topological polar surface area (TPSA) is 26.3 Å². The molecular weight excluding hydrogens is 352 g/mol. The van der Waals surface area contributed by atoms with Crippen molar-refractivity contribution in [3.63, 3.8) is 0 Å². The maximum atomic E-state index is 11.5. The first kappa shape index (κ1) is 19.1. The van der Waals surface area contributed by atoms with Gasteiger partial charge in [-0.25, -0.2) is 4.79 Å². The fourth-order valence-corrected chi connectivity index (χ4v) is 3.90. The van der Waals surface area contributed by atoms with Crippen LogP contribution < -0.4 is 4.74 Å². The molecule has 0 unspecified atom stereocenters. The van der Waals surface area contributed by atoms with Gasteiger partial charge in [0.05, 0.1) is 0 Å². The third-order valence-electron chi connectivity index (χ3n) is 4.32. The van der Waals surface area contributed by atoms with Gasteiger partial charge in [-0.15, -0.1) is 11.3 Å². The number of unbranched alkanes of at least 4 members (excludes halogenated alkanes) is 1. The molecule has 2 aromatic carbocycles. The molecule has 0 radical (unpaired) electrons. The molecule has 3 heteroatoms. The molecule has 0 amide bonds. The summed E-state index contributed by atoms with van der Waals surface area (Å²) in [5.41, 5.74) is 3.50. The highest BCUT2D eigenvalue weighted by Crippen LogP contribution is 2.31. The van der Waals surface area contributed by atoms with Gasteiger partial charge in [0.2, 0.25) is 0 Å². The Balaban J connectivity index is 1.69. The lowest BCUT2D eigenvalue weighted by Crippen LogP contribution is -2.03. The van der Waals surface area contributed by atoms with Crippen LogP contribution >= 0.6 is 11.3 Å². The Morgan fingerprint density at radius 1 is 0.926 bits per heavy atom. The Morgan fingerprint density at radius 3 is 2.19 bits per heavy atom. The Morgan fingerprint density at radius 2 is 1.56 bits per heavy atom. The molecule has 0 saturated heterocycles. The van der Waals surface area contributed by atoms with Crippen LogP contribution in [0.4, 0.5) is 0 Å². The molecule has 3 aromatic rings. The largest absolute Gasteiger partial charge is 0.423 e. The summed E-state index contributed by atoms with van der Waals surface area (Å²) < 4.78 is 5.23. The highest BCUT2D eigenvalue weighted by atomic mass is 32.1. The summed E-state index contributed by atoms with van der Waals surface area (Å²) in [7, 11) is 0. The third-order valence-corrected chi connectivity index (χ3v) is 5.51. The number of benzene rings is 2. The molecule has 0 aliphatic rings. The van der Waals surface area contributed by atoms with E-state index >= 15 is 0 Å². The van der Waals surface area contributed by atoms with Gasteiger partial charge in [-0.1, -0.05) is 55.8 Å². The molecule has 1 aromatic heterocycles. The third kappa shape index (κ3) is 5.18. The summed E-state index contributed by atoms with van der Waals surface area (Å²) in [6.07, 6.45) is 6.72. The number of ether oxygens (including phenoxy) is 1. The molecule has 0 fully saturated rings. The lowest BCUT2D eigenvalue weighted by Gasteiger charge is -2.06. The lowest BCUT2D eigenvalue weighted by molar-refractivity contribution is -0.129. The number of carbonyl (C=O) groups excluding carboxylic acids is 1. The van der Waals surface area contributed by atoms with Gasteiger partial charge in [0.25, 0.3) is 0 Å². The number of thiophene rings is 1. The molecule has 0 aliphatic carbocycles. The number of allylic oxidation sites excluding steroid dienone is 1. The molecule has 0 N–H and O–H groups in total. The molecule has 2 nitrogen and oxygen atoms in total. The number of carbonyl (C=O) groups is 1. The number of aryl methyl sites for hydroxylation is 1. The van der Waals surface area contributed by atoms with Gasteiger partial charge in [0, 0.05) is 15.8 Å². The first-order valence-corrected chi connectivity index (χ1v) is 10.2. The Kier molecular flexibility index (Phi) is 6.61. The van der Waals surface area contributed by atoms with E-state index in [1.165, 1.54) is 40.7 Å². The quantitative estimate of drug-likeness (QED) is 0.254. The second-order valence-corrected chi connectivity index (χ2v) is 7.56. The molecule has 1 heterocycles. The number of esters is 1. The van der Waals surface area contributed by atoms with Gasteiger partial charge in [0.15, 0.2) is 0 Å². The molecule has 27 heavy (non-hydrogen) atoms. The van der Waals surface area contributed by atoms with Gasteiger partial charge in [-0.05, 0) is 60.7 Å². The minimum absolute atomic E-state index is 0.358. The standard InChI is InChI=1S/C24H24O2S/c1-3-5-7-22-16-17-23(27-22)20-10-8-18(9-11-20)19-12-14-21(15-13-19)26-24(25)6-4-2/h4,6,8-17H,3,5,7H2,1-2H3. The van der Waals surface area contributed by atoms with E-state index in [0.717, 1.165) is 11.1 Å². The first-order valence-electron chi connectivity index (χ1n) is 9.33. The SMILES string of the molecule is CC=CC(=O)Oc1ccc(-c2ccc(-c3ccc(CCCC)s3)cc2)cc1. The smallest absolute Gasteiger partial charge is 0.335 e. The highest BCUT2D eigenvalue weighted by molar-refractivity contribution is 7.15. The number of rotatable bonds is 7. The van der Waals surface area contributed by atoms with Crippen LogP contribution in [0.1, 0.15) is 31.6 Å². The summed E-state index contributed by atoms with van der Waals surface area (Å²) in [5.74, 6) is 0.195. The predicted octanol–water partition coefficient (Wildman–Crippen LogP) is 6.91. The van der Waals surface area contributed by atoms with Crippen LogP contribution in [0.5, 0.6) is 5.75 Å². The van der Waals surface area contributed by atoms with Gasteiger partial charge < -0.3 is 4.74 Å². The van der Waals surface area contributed by atoms with Crippen molar-refractivity contribution in [2.45, 2.75) is 33.1 Å². The van der Waals surface area contributed by atoms with Crippen molar-refractivity contribution in [3.8, 4) is 27.3 Å². The van der Waals surface area contributed by atoms with E-state index in [1.54, 1.807) is 13.0 Å². The number of hydrogen-bond donors (Lipinski definition) is 0. The van der Waals surface area contributed by atoms with E-state index in [1.807, 2.05) is 35.6 Å². The van der Waals surface area contributed by atoms with Crippen molar-refractivity contribution in [1.82, 2.24) is 0 Å². The van der Waals surface area contributed by atoms with Crippen molar-refractivity contribution in [2.75, 3.05) is 0 Å². The Bertz CT molecular complexity index is 902. The van der Waals surface area contributed by atoms with Crippen molar-refractivity contribution >= 4 is 17.3 Å². The van der Waals surface area contributed by atoms with E-state index in [4.69, 9.17) is 4.74 Å². The van der Waals surface area contributed by atoms with Crippen LogP contribution in [0.2, 0.25) is 0 Å². The molecule has 3 rings (SSSR count). The summed E-state index contributed by atoms with van der Waals surface area (Å²) in [4.78, 5) is 14.3. The fourth-order valence-electron chi connectivity index (χ4n) is 2.85. The maximum absolute atomic E-state index is 11.5. The van der Waals surface area contributed by atoms with Crippen molar-refractivity contribution in [1.29, 1.82) is 0 Å². The van der Waals surface area contributed by atoms with Crippen LogP contribution in [0.25, 0.3) is 21.6 Å².